The lowest BCUT2D eigenvalue weighted by Crippen LogP contribution is -2.35. The highest BCUT2D eigenvalue weighted by Crippen LogP contribution is 2.28. The second-order valence-electron chi connectivity index (χ2n) is 4.96. The highest BCUT2D eigenvalue weighted by Gasteiger charge is 2.39. The van der Waals surface area contributed by atoms with Crippen LogP contribution in [0.5, 0.6) is 5.75 Å². The molecule has 19 heavy (non-hydrogen) atoms. The number of hydrogen-bond acceptors (Lipinski definition) is 2. The van der Waals surface area contributed by atoms with Crippen molar-refractivity contribution in [2.45, 2.75) is 32.9 Å². The van der Waals surface area contributed by atoms with Gasteiger partial charge in [0.2, 0.25) is 0 Å². The highest BCUT2D eigenvalue weighted by molar-refractivity contribution is 5.37. The van der Waals surface area contributed by atoms with E-state index in [2.05, 4.69) is 0 Å². The summed E-state index contributed by atoms with van der Waals surface area (Å²) >= 11 is 0. The van der Waals surface area contributed by atoms with Gasteiger partial charge < -0.3 is 10.5 Å². The lowest BCUT2D eigenvalue weighted by atomic mass is 10.0. The van der Waals surface area contributed by atoms with E-state index < -0.39 is 25.2 Å². The molecule has 2 nitrogen and oxygen atoms in total. The summed E-state index contributed by atoms with van der Waals surface area (Å²) in [6, 6.07) is 5.61. The maximum absolute atomic E-state index is 12.6. The van der Waals surface area contributed by atoms with Crippen molar-refractivity contribution in [1.29, 1.82) is 0 Å². The molecule has 0 saturated heterocycles. The van der Waals surface area contributed by atoms with Crippen LogP contribution in [-0.4, -0.2) is 19.3 Å². The van der Waals surface area contributed by atoms with Crippen molar-refractivity contribution in [2.24, 2.45) is 11.7 Å². The van der Waals surface area contributed by atoms with Gasteiger partial charge in [-0.05, 0) is 30.0 Å². The predicted molar refractivity (Wildman–Crippen MR) is 69.4 cm³/mol. The summed E-state index contributed by atoms with van der Waals surface area (Å²) in [6.07, 6.45) is -4.32. The molecule has 5 heteroatoms. The average molecular weight is 275 g/mol. The van der Waals surface area contributed by atoms with Crippen LogP contribution in [0.2, 0.25) is 0 Å². The molecule has 1 atom stereocenters. The largest absolute Gasteiger partial charge is 0.493 e. The van der Waals surface area contributed by atoms with Gasteiger partial charge in [0, 0.05) is 6.54 Å². The molecule has 0 amide bonds. The summed E-state index contributed by atoms with van der Waals surface area (Å²) in [5, 5.41) is 0. The summed E-state index contributed by atoms with van der Waals surface area (Å²) in [6.45, 7) is 4.94. The number of hydrogen-bond donors (Lipinski definition) is 1. The third-order valence-electron chi connectivity index (χ3n) is 3.07. The van der Waals surface area contributed by atoms with Crippen LogP contribution in [-0.2, 0) is 0 Å². The van der Waals surface area contributed by atoms with Crippen LogP contribution >= 0.6 is 0 Å². The van der Waals surface area contributed by atoms with Gasteiger partial charge in [0.25, 0.3) is 0 Å². The third kappa shape index (κ3) is 4.42. The van der Waals surface area contributed by atoms with Crippen LogP contribution < -0.4 is 10.5 Å². The number of rotatable bonds is 5. The predicted octanol–water partition coefficient (Wildman–Crippen LogP) is 3.63. The van der Waals surface area contributed by atoms with Crippen LogP contribution in [0.1, 0.15) is 30.9 Å². The van der Waals surface area contributed by atoms with Gasteiger partial charge in [-0.1, -0.05) is 26.0 Å². The maximum atomic E-state index is 12.6. The fourth-order valence-corrected chi connectivity index (χ4v) is 1.62. The van der Waals surface area contributed by atoms with E-state index in [0.717, 1.165) is 11.1 Å². The fraction of sp³-hybridized carbons (Fsp3) is 0.571. The topological polar surface area (TPSA) is 35.2 Å². The summed E-state index contributed by atoms with van der Waals surface area (Å²) < 4.78 is 43.0. The zero-order chi connectivity index (χ0) is 14.6. The van der Waals surface area contributed by atoms with Crippen LogP contribution in [0.3, 0.4) is 0 Å². The Hall–Kier alpha value is -1.23. The van der Waals surface area contributed by atoms with Gasteiger partial charge in [-0.15, -0.1) is 0 Å². The lowest BCUT2D eigenvalue weighted by Gasteiger charge is -2.20. The molecule has 0 fully saturated rings. The van der Waals surface area contributed by atoms with Gasteiger partial charge in [0.15, 0.2) is 0 Å². The Morgan fingerprint density at radius 3 is 2.37 bits per heavy atom. The summed E-state index contributed by atoms with van der Waals surface area (Å²) in [5.41, 5.74) is 7.00. The smallest absolute Gasteiger partial charge is 0.396 e. The van der Waals surface area contributed by atoms with E-state index in [1.165, 1.54) is 0 Å². The van der Waals surface area contributed by atoms with Crippen molar-refractivity contribution in [3.8, 4) is 5.75 Å². The zero-order valence-electron chi connectivity index (χ0n) is 11.4. The molecule has 0 aliphatic carbocycles. The van der Waals surface area contributed by atoms with E-state index in [4.69, 9.17) is 10.5 Å². The molecule has 108 valence electrons. The standard InChI is InChI=1S/C14H20F3NO/c1-9(2)11-5-4-10(3)13(6-11)19-8-12(7-18)14(15,16)17/h4-6,9,12H,7-8,18H2,1-3H3. The second kappa shape index (κ2) is 6.28. The van der Waals surface area contributed by atoms with Crippen molar-refractivity contribution in [3.05, 3.63) is 29.3 Å². The first-order valence-electron chi connectivity index (χ1n) is 6.25. The number of aryl methyl sites for hydroxylation is 1. The van der Waals surface area contributed by atoms with E-state index in [9.17, 15) is 13.2 Å². The Morgan fingerprint density at radius 2 is 1.89 bits per heavy atom. The molecule has 1 rings (SSSR count). The van der Waals surface area contributed by atoms with E-state index in [1.807, 2.05) is 32.9 Å². The number of halogens is 3. The third-order valence-corrected chi connectivity index (χ3v) is 3.07. The van der Waals surface area contributed by atoms with E-state index in [1.54, 1.807) is 6.07 Å². The van der Waals surface area contributed by atoms with Gasteiger partial charge in [-0.2, -0.15) is 13.2 Å². The van der Waals surface area contributed by atoms with Gasteiger partial charge in [-0.25, -0.2) is 0 Å². The van der Waals surface area contributed by atoms with Crippen LogP contribution in [0, 0.1) is 12.8 Å². The molecule has 1 aromatic rings. The molecule has 0 aliphatic rings. The van der Waals surface area contributed by atoms with Crippen molar-refractivity contribution < 1.29 is 17.9 Å². The molecule has 0 aromatic heterocycles. The molecule has 0 heterocycles. The van der Waals surface area contributed by atoms with E-state index in [0.29, 0.717) is 11.7 Å². The minimum absolute atomic E-state index is 0.302. The second-order valence-corrected chi connectivity index (χ2v) is 4.96. The first kappa shape index (κ1) is 15.8. The number of benzene rings is 1. The highest BCUT2D eigenvalue weighted by atomic mass is 19.4. The van der Waals surface area contributed by atoms with Crippen molar-refractivity contribution in [3.63, 3.8) is 0 Å². The quantitative estimate of drug-likeness (QED) is 0.890. The zero-order valence-corrected chi connectivity index (χ0v) is 11.4. The SMILES string of the molecule is Cc1ccc(C(C)C)cc1OCC(CN)C(F)(F)F. The summed E-state index contributed by atoms with van der Waals surface area (Å²) in [5.74, 6) is -0.834. The number of nitrogens with two attached hydrogens (primary N) is 1. The Bertz CT molecular complexity index is 416. The first-order chi connectivity index (χ1) is 8.75. The molecular formula is C14H20F3NO. The number of ether oxygens (including phenoxy) is 1. The molecule has 0 bridgehead atoms. The van der Waals surface area contributed by atoms with Crippen LogP contribution in [0.4, 0.5) is 13.2 Å². The molecular weight excluding hydrogens is 255 g/mol. The van der Waals surface area contributed by atoms with Crippen LogP contribution in [0.25, 0.3) is 0 Å². The number of alkyl halides is 3. The van der Waals surface area contributed by atoms with Gasteiger partial charge in [0.1, 0.15) is 18.3 Å². The van der Waals surface area contributed by atoms with Gasteiger partial charge in [-0.3, -0.25) is 0 Å². The molecule has 0 radical (unpaired) electrons. The van der Waals surface area contributed by atoms with Gasteiger partial charge >= 0.3 is 6.18 Å². The molecule has 0 spiro atoms. The van der Waals surface area contributed by atoms with Crippen molar-refractivity contribution in [1.82, 2.24) is 0 Å². The minimum Gasteiger partial charge on any atom is -0.493 e. The monoisotopic (exact) mass is 275 g/mol. The minimum atomic E-state index is -4.32. The maximum Gasteiger partial charge on any atom is 0.396 e. The Kier molecular flexibility index (Phi) is 5.23. The summed E-state index contributed by atoms with van der Waals surface area (Å²) in [4.78, 5) is 0. The Morgan fingerprint density at radius 1 is 1.26 bits per heavy atom. The Balaban J connectivity index is 2.79. The molecule has 1 aromatic carbocycles. The van der Waals surface area contributed by atoms with Crippen molar-refractivity contribution >= 4 is 0 Å². The molecule has 0 aliphatic heterocycles. The lowest BCUT2D eigenvalue weighted by molar-refractivity contribution is -0.178. The summed E-state index contributed by atoms with van der Waals surface area (Å²) in [7, 11) is 0. The van der Waals surface area contributed by atoms with Crippen molar-refractivity contribution in [2.75, 3.05) is 13.2 Å². The molecule has 2 N–H and O–H groups in total. The average Bonchev–Trinajstić information content (AvgIpc) is 2.30. The van der Waals surface area contributed by atoms with Crippen LogP contribution in [0.15, 0.2) is 18.2 Å². The molecule has 1 unspecified atom stereocenters. The normalized spacial score (nSPS) is 13.7. The first-order valence-corrected chi connectivity index (χ1v) is 6.25. The van der Waals surface area contributed by atoms with E-state index >= 15 is 0 Å². The Labute approximate surface area is 111 Å². The fourth-order valence-electron chi connectivity index (χ4n) is 1.62. The van der Waals surface area contributed by atoms with E-state index in [-0.39, 0.29) is 0 Å². The molecule has 0 saturated carbocycles. The van der Waals surface area contributed by atoms with Gasteiger partial charge in [0.05, 0.1) is 0 Å².